The third kappa shape index (κ3) is 3.19. The predicted molar refractivity (Wildman–Crippen MR) is 64.1 cm³/mol. The van der Waals surface area contributed by atoms with Crippen LogP contribution >= 0.6 is 11.6 Å². The quantitative estimate of drug-likeness (QED) is 0.803. The van der Waals surface area contributed by atoms with Gasteiger partial charge in [0.15, 0.2) is 0 Å². The topological polar surface area (TPSA) is 86.1 Å². The van der Waals surface area contributed by atoms with Crippen LogP contribution in [0.2, 0.25) is 5.28 Å². The van der Waals surface area contributed by atoms with Crippen LogP contribution in [0.1, 0.15) is 24.5 Å². The Morgan fingerprint density at radius 2 is 2.06 bits per heavy atom. The molecular weight excluding hydrogens is 260 g/mol. The van der Waals surface area contributed by atoms with E-state index < -0.39 is 17.9 Å². The Morgan fingerprint density at radius 1 is 1.44 bits per heavy atom. The van der Waals surface area contributed by atoms with E-state index in [-0.39, 0.29) is 17.0 Å². The molecule has 1 rings (SSSR count). The highest BCUT2D eigenvalue weighted by Gasteiger charge is 2.27. The lowest BCUT2D eigenvalue weighted by molar-refractivity contribution is -0.144. The summed E-state index contributed by atoms with van der Waals surface area (Å²) in [4.78, 5) is 27.1. The Balaban J connectivity index is 2.81. The second-order valence-electron chi connectivity index (χ2n) is 4.05. The molecule has 100 valence electrons. The molecule has 0 aliphatic heterocycles. The third-order valence-electron chi connectivity index (χ3n) is 2.32. The third-order valence-corrected chi connectivity index (χ3v) is 2.65. The molecule has 0 radical (unpaired) electrons. The molecule has 0 saturated heterocycles. The number of carbonyl (C=O) groups is 2. The number of methoxy groups -OCH3 is 1. The summed E-state index contributed by atoms with van der Waals surface area (Å²) < 4.78 is 5.88. The second-order valence-corrected chi connectivity index (χ2v) is 4.38. The zero-order valence-electron chi connectivity index (χ0n) is 10.6. The number of hydrogen-bond donors (Lipinski definition) is 1. The van der Waals surface area contributed by atoms with Crippen LogP contribution in [-0.2, 0) is 16.6 Å². The van der Waals surface area contributed by atoms with Gasteiger partial charge in [0.05, 0.1) is 7.11 Å². The van der Waals surface area contributed by atoms with Crippen molar-refractivity contribution in [1.82, 2.24) is 20.1 Å². The Labute approximate surface area is 109 Å². The summed E-state index contributed by atoms with van der Waals surface area (Å²) in [6.07, 6.45) is 0. The molecule has 7 nitrogen and oxygen atoms in total. The Morgan fingerprint density at radius 3 is 2.44 bits per heavy atom. The maximum atomic E-state index is 11.8. The van der Waals surface area contributed by atoms with Crippen LogP contribution in [0, 0.1) is 5.92 Å². The molecule has 1 atom stereocenters. The van der Waals surface area contributed by atoms with Crippen LogP contribution in [0.3, 0.4) is 0 Å². The molecular formula is C10H15ClN4O3. The monoisotopic (exact) mass is 274 g/mol. The van der Waals surface area contributed by atoms with Crippen LogP contribution in [-0.4, -0.2) is 39.8 Å². The maximum Gasteiger partial charge on any atom is 0.328 e. The average Bonchev–Trinajstić information content (AvgIpc) is 2.65. The number of amides is 1. The molecule has 0 aromatic carbocycles. The van der Waals surface area contributed by atoms with Gasteiger partial charge in [-0.25, -0.2) is 9.48 Å². The first-order chi connectivity index (χ1) is 8.36. The lowest BCUT2D eigenvalue weighted by atomic mass is 10.0. The van der Waals surface area contributed by atoms with Crippen molar-refractivity contribution < 1.29 is 14.3 Å². The normalized spacial score (nSPS) is 12.3. The summed E-state index contributed by atoms with van der Waals surface area (Å²) in [5, 5.41) is 6.43. The van der Waals surface area contributed by atoms with E-state index >= 15 is 0 Å². The van der Waals surface area contributed by atoms with Crippen LogP contribution in [0.5, 0.6) is 0 Å². The zero-order chi connectivity index (χ0) is 13.9. The highest BCUT2D eigenvalue weighted by Crippen LogP contribution is 2.07. The number of ether oxygens (including phenoxy) is 1. The van der Waals surface area contributed by atoms with E-state index in [9.17, 15) is 9.59 Å². The summed E-state index contributed by atoms with van der Waals surface area (Å²) >= 11 is 5.68. The van der Waals surface area contributed by atoms with Gasteiger partial charge < -0.3 is 10.1 Å². The number of aromatic nitrogens is 3. The van der Waals surface area contributed by atoms with Gasteiger partial charge in [-0.2, -0.15) is 4.98 Å². The summed E-state index contributed by atoms with van der Waals surface area (Å²) in [7, 11) is 2.83. The van der Waals surface area contributed by atoms with Crippen molar-refractivity contribution in [3.05, 3.63) is 11.1 Å². The maximum absolute atomic E-state index is 11.8. The molecule has 18 heavy (non-hydrogen) atoms. The first-order valence-electron chi connectivity index (χ1n) is 5.32. The fourth-order valence-electron chi connectivity index (χ4n) is 1.29. The van der Waals surface area contributed by atoms with E-state index in [2.05, 4.69) is 20.1 Å². The molecule has 1 heterocycles. The van der Waals surface area contributed by atoms with Crippen LogP contribution in [0.4, 0.5) is 0 Å². The number of halogens is 1. The molecule has 0 spiro atoms. The van der Waals surface area contributed by atoms with Crippen molar-refractivity contribution in [2.75, 3.05) is 7.11 Å². The minimum atomic E-state index is -0.745. The largest absolute Gasteiger partial charge is 0.467 e. The molecule has 1 aromatic heterocycles. The van der Waals surface area contributed by atoms with Crippen molar-refractivity contribution in [2.24, 2.45) is 13.0 Å². The molecule has 1 aromatic rings. The van der Waals surface area contributed by atoms with E-state index in [1.807, 2.05) is 0 Å². The average molecular weight is 275 g/mol. The summed E-state index contributed by atoms with van der Waals surface area (Å²) in [5.74, 6) is -1.28. The standard InChI is InChI=1S/C10H15ClN4O3/c1-5(2)6(9(17)18-4)12-8(16)7-13-10(11)15(3)14-7/h5-6H,1-4H3,(H,12,16)/t6-/m0/s1. The van der Waals surface area contributed by atoms with Crippen molar-refractivity contribution in [2.45, 2.75) is 19.9 Å². The fourth-order valence-corrected chi connectivity index (χ4v) is 1.41. The fraction of sp³-hybridized carbons (Fsp3) is 0.600. The highest BCUT2D eigenvalue weighted by atomic mass is 35.5. The predicted octanol–water partition coefficient (Wildman–Crippen LogP) is 0.396. The van der Waals surface area contributed by atoms with Gasteiger partial charge in [-0.3, -0.25) is 4.79 Å². The first-order valence-corrected chi connectivity index (χ1v) is 5.69. The van der Waals surface area contributed by atoms with Gasteiger partial charge in [-0.15, -0.1) is 5.10 Å². The van der Waals surface area contributed by atoms with Gasteiger partial charge in [-0.1, -0.05) is 13.8 Å². The summed E-state index contributed by atoms with van der Waals surface area (Å²) in [5.41, 5.74) is 0. The van der Waals surface area contributed by atoms with Gasteiger partial charge in [0.2, 0.25) is 11.1 Å². The number of aryl methyl sites for hydroxylation is 1. The van der Waals surface area contributed by atoms with Gasteiger partial charge in [-0.05, 0) is 17.5 Å². The van der Waals surface area contributed by atoms with Gasteiger partial charge in [0.1, 0.15) is 6.04 Å². The molecule has 0 bridgehead atoms. The molecule has 0 fully saturated rings. The van der Waals surface area contributed by atoms with E-state index in [0.29, 0.717) is 0 Å². The van der Waals surface area contributed by atoms with Gasteiger partial charge >= 0.3 is 5.97 Å². The number of nitrogens with one attached hydrogen (secondary N) is 1. The molecule has 0 unspecified atom stereocenters. The van der Waals surface area contributed by atoms with E-state index in [0.717, 1.165) is 0 Å². The lowest BCUT2D eigenvalue weighted by Crippen LogP contribution is -2.45. The zero-order valence-corrected chi connectivity index (χ0v) is 11.4. The number of carbonyl (C=O) groups excluding carboxylic acids is 2. The number of esters is 1. The van der Waals surface area contributed by atoms with Crippen molar-refractivity contribution >= 4 is 23.5 Å². The Bertz CT molecular complexity index is 438. The SMILES string of the molecule is COC(=O)[C@@H](NC(=O)c1nc(Cl)n(C)n1)C(C)C. The van der Waals surface area contributed by atoms with Gasteiger partial charge in [0.25, 0.3) is 5.91 Å². The molecule has 0 aliphatic rings. The molecule has 0 aliphatic carbocycles. The number of hydrogen-bond acceptors (Lipinski definition) is 5. The summed E-state index contributed by atoms with van der Waals surface area (Å²) in [6.45, 7) is 3.58. The lowest BCUT2D eigenvalue weighted by Gasteiger charge is -2.18. The first kappa shape index (κ1) is 14.4. The van der Waals surface area contributed by atoms with E-state index in [1.54, 1.807) is 20.9 Å². The number of nitrogens with zero attached hydrogens (tertiary/aromatic N) is 3. The highest BCUT2D eigenvalue weighted by molar-refractivity contribution is 6.28. The van der Waals surface area contributed by atoms with Crippen molar-refractivity contribution in [1.29, 1.82) is 0 Å². The molecule has 1 N–H and O–H groups in total. The minimum Gasteiger partial charge on any atom is -0.467 e. The number of rotatable bonds is 4. The van der Waals surface area contributed by atoms with Crippen molar-refractivity contribution in [3.63, 3.8) is 0 Å². The Kier molecular flexibility index (Phi) is 4.66. The van der Waals surface area contributed by atoms with Crippen molar-refractivity contribution in [3.8, 4) is 0 Å². The Hall–Kier alpha value is -1.63. The second kappa shape index (κ2) is 5.81. The van der Waals surface area contributed by atoms with Crippen LogP contribution in [0.25, 0.3) is 0 Å². The van der Waals surface area contributed by atoms with Crippen LogP contribution < -0.4 is 5.32 Å². The van der Waals surface area contributed by atoms with Crippen LogP contribution in [0.15, 0.2) is 0 Å². The minimum absolute atomic E-state index is 0.0861. The summed E-state index contributed by atoms with van der Waals surface area (Å²) in [6, 6.07) is -0.745. The smallest absolute Gasteiger partial charge is 0.328 e. The molecule has 8 heteroatoms. The molecule has 0 saturated carbocycles. The molecule has 1 amide bonds. The van der Waals surface area contributed by atoms with E-state index in [4.69, 9.17) is 11.6 Å². The van der Waals surface area contributed by atoms with E-state index in [1.165, 1.54) is 11.8 Å². The van der Waals surface area contributed by atoms with Gasteiger partial charge in [0, 0.05) is 7.05 Å².